The first kappa shape index (κ1) is 20.5. The van der Waals surface area contributed by atoms with E-state index in [-0.39, 0.29) is 18.1 Å². The van der Waals surface area contributed by atoms with Crippen LogP contribution in [0.2, 0.25) is 0 Å². The van der Waals surface area contributed by atoms with Crippen molar-refractivity contribution in [3.63, 3.8) is 0 Å². The van der Waals surface area contributed by atoms with E-state index >= 15 is 0 Å². The van der Waals surface area contributed by atoms with Gasteiger partial charge in [0, 0.05) is 5.69 Å². The van der Waals surface area contributed by atoms with Crippen molar-refractivity contribution in [2.75, 3.05) is 18.5 Å². The van der Waals surface area contributed by atoms with Gasteiger partial charge in [-0.25, -0.2) is 0 Å². The molecule has 0 atom stereocenters. The average Bonchev–Trinajstić information content (AvgIpc) is 2.67. The van der Waals surface area contributed by atoms with E-state index < -0.39 is 5.91 Å². The number of nitrogens with one attached hydrogen (secondary N) is 1. The van der Waals surface area contributed by atoms with Crippen molar-refractivity contribution in [1.29, 1.82) is 5.26 Å². The van der Waals surface area contributed by atoms with Crippen molar-refractivity contribution in [3.05, 3.63) is 59.2 Å². The zero-order valence-electron chi connectivity index (χ0n) is 15.7. The number of benzene rings is 2. The number of nitrogens with two attached hydrogens (primary N) is 1. The SMILES string of the molecule is CCOc1cc(/C=C(\C#N)C(N)=O)ccc1OCC(=O)Nc1ccc(C)cc1. The summed E-state index contributed by atoms with van der Waals surface area (Å²) in [7, 11) is 0. The van der Waals surface area contributed by atoms with Gasteiger partial charge in [-0.1, -0.05) is 23.8 Å². The first-order valence-electron chi connectivity index (χ1n) is 8.60. The molecule has 2 amide bonds. The van der Waals surface area contributed by atoms with E-state index in [0.717, 1.165) is 5.56 Å². The Hall–Kier alpha value is -3.79. The lowest BCUT2D eigenvalue weighted by atomic mass is 10.1. The number of rotatable bonds is 8. The van der Waals surface area contributed by atoms with Crippen molar-refractivity contribution in [3.8, 4) is 17.6 Å². The molecule has 7 nitrogen and oxygen atoms in total. The van der Waals surface area contributed by atoms with E-state index in [1.165, 1.54) is 6.08 Å². The smallest absolute Gasteiger partial charge is 0.262 e. The molecule has 0 heterocycles. The zero-order chi connectivity index (χ0) is 20.5. The zero-order valence-corrected chi connectivity index (χ0v) is 15.7. The molecule has 0 radical (unpaired) electrons. The maximum atomic E-state index is 12.1. The minimum Gasteiger partial charge on any atom is -0.490 e. The molecule has 0 aliphatic carbocycles. The van der Waals surface area contributed by atoms with Crippen LogP contribution in [0.4, 0.5) is 5.69 Å². The third-order valence-electron chi connectivity index (χ3n) is 3.66. The van der Waals surface area contributed by atoms with Crippen LogP contribution in [-0.4, -0.2) is 25.0 Å². The average molecular weight is 379 g/mol. The van der Waals surface area contributed by atoms with Crippen LogP contribution in [0.3, 0.4) is 0 Å². The molecule has 0 fully saturated rings. The third-order valence-corrected chi connectivity index (χ3v) is 3.66. The number of amides is 2. The van der Waals surface area contributed by atoms with Gasteiger partial charge in [0.2, 0.25) is 0 Å². The maximum Gasteiger partial charge on any atom is 0.262 e. The minimum absolute atomic E-state index is 0.173. The quantitative estimate of drug-likeness (QED) is 0.541. The van der Waals surface area contributed by atoms with Gasteiger partial charge in [-0.05, 0) is 49.8 Å². The fourth-order valence-electron chi connectivity index (χ4n) is 2.30. The molecule has 0 aliphatic rings. The van der Waals surface area contributed by atoms with Crippen LogP contribution >= 0.6 is 0 Å². The lowest BCUT2D eigenvalue weighted by Crippen LogP contribution is -2.20. The van der Waals surface area contributed by atoms with Gasteiger partial charge in [-0.2, -0.15) is 5.26 Å². The number of primary amides is 1. The van der Waals surface area contributed by atoms with Gasteiger partial charge >= 0.3 is 0 Å². The summed E-state index contributed by atoms with van der Waals surface area (Å²) in [5, 5.41) is 11.7. The summed E-state index contributed by atoms with van der Waals surface area (Å²) in [6.07, 6.45) is 1.36. The predicted octanol–water partition coefficient (Wildman–Crippen LogP) is 2.80. The number of hydrogen-bond acceptors (Lipinski definition) is 5. The fourth-order valence-corrected chi connectivity index (χ4v) is 2.30. The number of nitrogens with zero attached hydrogens (tertiary/aromatic N) is 1. The van der Waals surface area contributed by atoms with Crippen LogP contribution in [0.5, 0.6) is 11.5 Å². The first-order valence-corrected chi connectivity index (χ1v) is 8.60. The van der Waals surface area contributed by atoms with Crippen molar-refractivity contribution >= 4 is 23.6 Å². The molecule has 144 valence electrons. The normalized spacial score (nSPS) is 10.7. The number of aryl methyl sites for hydroxylation is 1. The highest BCUT2D eigenvalue weighted by Crippen LogP contribution is 2.29. The molecule has 0 aliphatic heterocycles. The Balaban J connectivity index is 2.09. The Kier molecular flexibility index (Phi) is 7.17. The second kappa shape index (κ2) is 9.78. The van der Waals surface area contributed by atoms with Gasteiger partial charge in [0.15, 0.2) is 18.1 Å². The molecule has 0 aromatic heterocycles. The Bertz CT molecular complexity index is 928. The van der Waals surface area contributed by atoms with Crippen LogP contribution < -0.4 is 20.5 Å². The second-order valence-corrected chi connectivity index (χ2v) is 5.88. The molecular formula is C21H21N3O4. The number of carbonyl (C=O) groups is 2. The Morgan fingerprint density at radius 1 is 1.14 bits per heavy atom. The molecule has 0 spiro atoms. The Morgan fingerprint density at radius 3 is 2.46 bits per heavy atom. The van der Waals surface area contributed by atoms with Crippen LogP contribution in [0.15, 0.2) is 48.0 Å². The molecule has 28 heavy (non-hydrogen) atoms. The van der Waals surface area contributed by atoms with Crippen molar-refractivity contribution in [2.45, 2.75) is 13.8 Å². The summed E-state index contributed by atoms with van der Waals surface area (Å²) >= 11 is 0. The Labute approximate surface area is 163 Å². The molecule has 0 saturated carbocycles. The molecule has 3 N–H and O–H groups in total. The van der Waals surface area contributed by atoms with Gasteiger partial charge in [0.25, 0.3) is 11.8 Å². The van der Waals surface area contributed by atoms with E-state index in [2.05, 4.69) is 5.32 Å². The molecule has 2 rings (SSSR count). The highest BCUT2D eigenvalue weighted by molar-refractivity contribution is 6.00. The summed E-state index contributed by atoms with van der Waals surface area (Å²) in [6.45, 7) is 3.94. The van der Waals surface area contributed by atoms with Gasteiger partial charge in [-0.15, -0.1) is 0 Å². The summed E-state index contributed by atoms with van der Waals surface area (Å²) < 4.78 is 11.1. The van der Waals surface area contributed by atoms with Crippen LogP contribution in [0, 0.1) is 18.3 Å². The molecule has 7 heteroatoms. The summed E-state index contributed by atoms with van der Waals surface area (Å²) in [5.74, 6) is -0.360. The lowest BCUT2D eigenvalue weighted by Gasteiger charge is -2.13. The maximum absolute atomic E-state index is 12.1. The van der Waals surface area contributed by atoms with E-state index in [1.54, 1.807) is 31.2 Å². The summed E-state index contributed by atoms with van der Waals surface area (Å²) in [6, 6.07) is 14.0. The third kappa shape index (κ3) is 5.88. The van der Waals surface area contributed by atoms with E-state index in [0.29, 0.717) is 29.4 Å². The number of hydrogen-bond donors (Lipinski definition) is 2. The van der Waals surface area contributed by atoms with Gasteiger partial charge in [0.1, 0.15) is 11.6 Å². The van der Waals surface area contributed by atoms with Gasteiger partial charge in [-0.3, -0.25) is 9.59 Å². The summed E-state index contributed by atoms with van der Waals surface area (Å²) in [5.41, 5.74) is 7.30. The molecule has 0 bridgehead atoms. The fraction of sp³-hybridized carbons (Fsp3) is 0.190. The lowest BCUT2D eigenvalue weighted by molar-refractivity contribution is -0.118. The molecule has 0 unspecified atom stereocenters. The topological polar surface area (TPSA) is 114 Å². The number of carbonyl (C=O) groups excluding carboxylic acids is 2. The van der Waals surface area contributed by atoms with Crippen molar-refractivity contribution in [2.24, 2.45) is 5.73 Å². The van der Waals surface area contributed by atoms with Gasteiger partial charge < -0.3 is 20.5 Å². The van der Waals surface area contributed by atoms with Crippen molar-refractivity contribution in [1.82, 2.24) is 0 Å². The second-order valence-electron chi connectivity index (χ2n) is 5.88. The molecule has 2 aromatic rings. The van der Waals surface area contributed by atoms with E-state index in [1.807, 2.05) is 31.2 Å². The standard InChI is InChI=1S/C21H21N3O4/c1-3-27-19-11-15(10-16(12-22)21(23)26)6-9-18(19)28-13-20(25)24-17-7-4-14(2)5-8-17/h4-11H,3,13H2,1-2H3,(H2,23,26)(H,24,25)/b16-10+. The first-order chi connectivity index (χ1) is 13.4. The largest absolute Gasteiger partial charge is 0.490 e. The minimum atomic E-state index is -0.812. The number of nitriles is 1. The molecule has 2 aromatic carbocycles. The van der Waals surface area contributed by atoms with Crippen LogP contribution in [-0.2, 0) is 9.59 Å². The highest BCUT2D eigenvalue weighted by Gasteiger charge is 2.11. The molecular weight excluding hydrogens is 358 g/mol. The van der Waals surface area contributed by atoms with Gasteiger partial charge in [0.05, 0.1) is 6.61 Å². The monoisotopic (exact) mass is 379 g/mol. The van der Waals surface area contributed by atoms with Crippen LogP contribution in [0.25, 0.3) is 6.08 Å². The predicted molar refractivity (Wildman–Crippen MR) is 106 cm³/mol. The highest BCUT2D eigenvalue weighted by atomic mass is 16.5. The van der Waals surface area contributed by atoms with Crippen molar-refractivity contribution < 1.29 is 19.1 Å². The number of ether oxygens (including phenoxy) is 2. The van der Waals surface area contributed by atoms with E-state index in [4.69, 9.17) is 20.5 Å². The number of anilines is 1. The van der Waals surface area contributed by atoms with E-state index in [9.17, 15) is 9.59 Å². The summed E-state index contributed by atoms with van der Waals surface area (Å²) in [4.78, 5) is 23.3. The Morgan fingerprint density at radius 2 is 1.86 bits per heavy atom. The van der Waals surface area contributed by atoms with Crippen LogP contribution in [0.1, 0.15) is 18.1 Å². The molecule has 0 saturated heterocycles.